The third kappa shape index (κ3) is 4.21. The molecule has 116 valence electrons. The van der Waals surface area contributed by atoms with Crippen LogP contribution in [-0.4, -0.2) is 55.0 Å². The minimum absolute atomic E-state index is 0.137. The second kappa shape index (κ2) is 7.46. The van der Waals surface area contributed by atoms with Gasteiger partial charge in [0.05, 0.1) is 0 Å². The van der Waals surface area contributed by atoms with Crippen LogP contribution in [0.15, 0.2) is 11.8 Å². The first-order valence-corrected chi connectivity index (χ1v) is 7.96. The molecule has 1 amide bonds. The van der Waals surface area contributed by atoms with Gasteiger partial charge in [-0.1, -0.05) is 19.8 Å². The zero-order chi connectivity index (χ0) is 15.2. The Balaban J connectivity index is 1.93. The third-order valence-electron chi connectivity index (χ3n) is 4.69. The standard InChI is InChI=1S/C16H26N4O/c1-13-5-3-4-6-15(13)18-12-14(11-17)16(21)20-9-7-19(2)8-10-20/h12-13,15,18H,3-10H2,1-2H3/b14-12-. The van der Waals surface area contributed by atoms with E-state index >= 15 is 0 Å². The second-order valence-corrected chi connectivity index (χ2v) is 6.30. The summed E-state index contributed by atoms with van der Waals surface area (Å²) in [6, 6.07) is 2.45. The van der Waals surface area contributed by atoms with Crippen LogP contribution in [0.4, 0.5) is 0 Å². The summed E-state index contributed by atoms with van der Waals surface area (Å²) in [7, 11) is 2.05. The maximum Gasteiger partial charge on any atom is 0.266 e. The van der Waals surface area contributed by atoms with Crippen molar-refractivity contribution in [2.24, 2.45) is 5.92 Å². The number of amides is 1. The van der Waals surface area contributed by atoms with Crippen LogP contribution in [0, 0.1) is 17.2 Å². The van der Waals surface area contributed by atoms with E-state index in [4.69, 9.17) is 0 Å². The molecule has 0 aromatic heterocycles. The van der Waals surface area contributed by atoms with E-state index < -0.39 is 0 Å². The predicted molar refractivity (Wildman–Crippen MR) is 82.3 cm³/mol. The Bertz CT molecular complexity index is 432. The lowest BCUT2D eigenvalue weighted by molar-refractivity contribution is -0.128. The third-order valence-corrected chi connectivity index (χ3v) is 4.69. The van der Waals surface area contributed by atoms with E-state index in [2.05, 4.69) is 30.3 Å². The highest BCUT2D eigenvalue weighted by Crippen LogP contribution is 2.23. The van der Waals surface area contributed by atoms with E-state index in [9.17, 15) is 10.1 Å². The first kappa shape index (κ1) is 15.8. The molecule has 0 bridgehead atoms. The molecule has 5 heteroatoms. The van der Waals surface area contributed by atoms with Crippen molar-refractivity contribution in [3.05, 3.63) is 11.8 Å². The minimum atomic E-state index is -0.137. The van der Waals surface area contributed by atoms with Crippen LogP contribution >= 0.6 is 0 Å². The number of carbonyl (C=O) groups is 1. The zero-order valence-corrected chi connectivity index (χ0v) is 13.1. The SMILES string of the molecule is CC1CCCCC1N/C=C(/C#N)C(=O)N1CCN(C)CC1. The summed E-state index contributed by atoms with van der Waals surface area (Å²) in [6.07, 6.45) is 6.50. The van der Waals surface area contributed by atoms with Gasteiger partial charge >= 0.3 is 0 Å². The monoisotopic (exact) mass is 290 g/mol. The molecule has 2 aliphatic rings. The number of likely N-dealkylation sites (N-methyl/N-ethyl adjacent to an activating group) is 1. The van der Waals surface area contributed by atoms with Crippen LogP contribution in [0.5, 0.6) is 0 Å². The van der Waals surface area contributed by atoms with E-state index in [-0.39, 0.29) is 11.5 Å². The van der Waals surface area contributed by atoms with Gasteiger partial charge < -0.3 is 15.1 Å². The van der Waals surface area contributed by atoms with E-state index in [0.717, 1.165) is 19.5 Å². The highest BCUT2D eigenvalue weighted by Gasteiger charge is 2.24. The summed E-state index contributed by atoms with van der Waals surface area (Å²) in [5, 5.41) is 12.6. The van der Waals surface area contributed by atoms with Crippen molar-refractivity contribution in [2.45, 2.75) is 38.6 Å². The largest absolute Gasteiger partial charge is 0.387 e. The summed E-state index contributed by atoms with van der Waals surface area (Å²) in [6.45, 7) is 5.39. The predicted octanol–water partition coefficient (Wildman–Crippen LogP) is 1.34. The van der Waals surface area contributed by atoms with Gasteiger partial charge in [-0.3, -0.25) is 4.79 Å². The van der Waals surface area contributed by atoms with E-state index in [0.29, 0.717) is 25.0 Å². The van der Waals surface area contributed by atoms with Crippen LogP contribution < -0.4 is 5.32 Å². The molecule has 1 N–H and O–H groups in total. The highest BCUT2D eigenvalue weighted by atomic mass is 16.2. The van der Waals surface area contributed by atoms with Gasteiger partial charge in [-0.05, 0) is 25.8 Å². The molecule has 0 aromatic carbocycles. The summed E-state index contributed by atoms with van der Waals surface area (Å²) in [5.41, 5.74) is 0.234. The van der Waals surface area contributed by atoms with Gasteiger partial charge in [0.15, 0.2) is 0 Å². The smallest absolute Gasteiger partial charge is 0.266 e. The second-order valence-electron chi connectivity index (χ2n) is 6.30. The lowest BCUT2D eigenvalue weighted by atomic mass is 9.86. The normalized spacial score (nSPS) is 28.0. The van der Waals surface area contributed by atoms with E-state index in [1.165, 1.54) is 19.3 Å². The van der Waals surface area contributed by atoms with Crippen LogP contribution in [0.1, 0.15) is 32.6 Å². The van der Waals surface area contributed by atoms with Gasteiger partial charge in [0.25, 0.3) is 5.91 Å². The van der Waals surface area contributed by atoms with Crippen molar-refractivity contribution in [2.75, 3.05) is 33.2 Å². The molecule has 1 aliphatic heterocycles. The molecule has 0 spiro atoms. The number of rotatable bonds is 3. The first-order chi connectivity index (χ1) is 10.1. The summed E-state index contributed by atoms with van der Waals surface area (Å²) < 4.78 is 0. The molecule has 1 saturated heterocycles. The zero-order valence-electron chi connectivity index (χ0n) is 13.1. The van der Waals surface area contributed by atoms with Crippen LogP contribution in [0.3, 0.4) is 0 Å². The molecule has 5 nitrogen and oxygen atoms in total. The Hall–Kier alpha value is -1.54. The first-order valence-electron chi connectivity index (χ1n) is 7.96. The van der Waals surface area contributed by atoms with Gasteiger partial charge in [-0.15, -0.1) is 0 Å². The molecule has 2 fully saturated rings. The Kier molecular flexibility index (Phi) is 5.63. The average Bonchev–Trinajstić information content (AvgIpc) is 2.50. The van der Waals surface area contributed by atoms with Crippen LogP contribution in [0.2, 0.25) is 0 Å². The number of nitriles is 1. The molecule has 1 heterocycles. The fourth-order valence-corrected chi connectivity index (χ4v) is 3.08. The topological polar surface area (TPSA) is 59.4 Å². The van der Waals surface area contributed by atoms with E-state index in [1.54, 1.807) is 11.1 Å². The Morgan fingerprint density at radius 3 is 2.52 bits per heavy atom. The van der Waals surface area contributed by atoms with Crippen LogP contribution in [0.25, 0.3) is 0 Å². The van der Waals surface area contributed by atoms with Gasteiger partial charge in [-0.2, -0.15) is 5.26 Å². The van der Waals surface area contributed by atoms with Gasteiger partial charge in [0.1, 0.15) is 11.6 Å². The highest BCUT2D eigenvalue weighted by molar-refractivity contribution is 5.97. The Morgan fingerprint density at radius 1 is 1.24 bits per heavy atom. The van der Waals surface area contributed by atoms with Gasteiger partial charge in [0.2, 0.25) is 0 Å². The van der Waals surface area contributed by atoms with Crippen molar-refractivity contribution in [1.82, 2.24) is 15.1 Å². The van der Waals surface area contributed by atoms with Gasteiger partial charge in [-0.25, -0.2) is 0 Å². The molecular formula is C16H26N4O. The molecule has 1 saturated carbocycles. The lowest BCUT2D eigenvalue weighted by Crippen LogP contribution is -2.47. The minimum Gasteiger partial charge on any atom is -0.387 e. The molecule has 2 rings (SSSR count). The maximum atomic E-state index is 12.4. The fraction of sp³-hybridized carbons (Fsp3) is 0.750. The quantitative estimate of drug-likeness (QED) is 0.629. The number of nitrogens with one attached hydrogen (secondary N) is 1. The Morgan fingerprint density at radius 2 is 1.90 bits per heavy atom. The van der Waals surface area contributed by atoms with E-state index in [1.807, 2.05) is 0 Å². The summed E-state index contributed by atoms with van der Waals surface area (Å²) in [5.74, 6) is 0.468. The summed E-state index contributed by atoms with van der Waals surface area (Å²) >= 11 is 0. The number of nitrogens with zero attached hydrogens (tertiary/aromatic N) is 3. The molecule has 21 heavy (non-hydrogen) atoms. The Labute approximate surface area is 127 Å². The van der Waals surface area contributed by atoms with Crippen molar-refractivity contribution >= 4 is 5.91 Å². The molecule has 0 radical (unpaired) electrons. The molecule has 0 aromatic rings. The molecular weight excluding hydrogens is 264 g/mol. The number of carbonyl (C=O) groups excluding carboxylic acids is 1. The molecule has 2 atom stereocenters. The average molecular weight is 290 g/mol. The van der Waals surface area contributed by atoms with Crippen molar-refractivity contribution in [1.29, 1.82) is 5.26 Å². The number of piperazine rings is 1. The molecule has 1 aliphatic carbocycles. The molecule has 2 unspecified atom stereocenters. The number of hydrogen-bond donors (Lipinski definition) is 1. The van der Waals surface area contributed by atoms with Crippen molar-refractivity contribution in [3.8, 4) is 6.07 Å². The summed E-state index contributed by atoms with van der Waals surface area (Å²) in [4.78, 5) is 16.3. The van der Waals surface area contributed by atoms with Crippen LogP contribution in [-0.2, 0) is 4.79 Å². The van der Waals surface area contributed by atoms with Gasteiger partial charge in [0, 0.05) is 38.4 Å². The van der Waals surface area contributed by atoms with Crippen molar-refractivity contribution in [3.63, 3.8) is 0 Å². The lowest BCUT2D eigenvalue weighted by Gasteiger charge is -2.32. The van der Waals surface area contributed by atoms with Crippen molar-refractivity contribution < 1.29 is 4.79 Å². The maximum absolute atomic E-state index is 12.4. The fourth-order valence-electron chi connectivity index (χ4n) is 3.08. The number of hydrogen-bond acceptors (Lipinski definition) is 4.